The Morgan fingerprint density at radius 3 is 2.51 bits per heavy atom. The van der Waals surface area contributed by atoms with Crippen molar-refractivity contribution in [1.82, 2.24) is 5.01 Å². The van der Waals surface area contributed by atoms with Crippen molar-refractivity contribution in [3.63, 3.8) is 0 Å². The van der Waals surface area contributed by atoms with Crippen molar-refractivity contribution in [2.75, 3.05) is 12.4 Å². The summed E-state index contributed by atoms with van der Waals surface area (Å²) in [5, 5.41) is 10.8. The van der Waals surface area contributed by atoms with E-state index in [0.717, 1.165) is 51.5 Å². The molecule has 11 heteroatoms. The Morgan fingerprint density at radius 2 is 1.77 bits per heavy atom. The highest BCUT2D eigenvalue weighted by molar-refractivity contribution is 8.15. The number of aliphatic imine (C=N–C) groups is 1. The maximum Gasteiger partial charge on any atom is 0.416 e. The molecule has 2 atom stereocenters. The molecule has 0 radical (unpaired) electrons. The number of amides is 2. The van der Waals surface area contributed by atoms with E-state index in [9.17, 15) is 22.8 Å². The fraction of sp³-hybridized carbons (Fsp3) is 0.188. The second-order valence-corrected chi connectivity index (χ2v) is 11.3. The highest BCUT2D eigenvalue weighted by Gasteiger charge is 2.39. The molecule has 2 aliphatic heterocycles. The highest BCUT2D eigenvalue weighted by Crippen LogP contribution is 2.39. The molecule has 0 aliphatic carbocycles. The lowest BCUT2D eigenvalue weighted by Gasteiger charge is -2.23. The third-order valence-corrected chi connectivity index (χ3v) is 8.40. The quantitative estimate of drug-likeness (QED) is 0.256. The summed E-state index contributed by atoms with van der Waals surface area (Å²) in [6.45, 7) is 0. The van der Waals surface area contributed by atoms with Crippen LogP contribution in [0.1, 0.15) is 35.6 Å². The van der Waals surface area contributed by atoms with E-state index in [0.29, 0.717) is 17.3 Å². The zero-order chi connectivity index (χ0) is 30.1. The van der Waals surface area contributed by atoms with Crippen molar-refractivity contribution in [1.29, 1.82) is 0 Å². The number of methoxy groups -OCH3 is 1. The monoisotopic (exact) mass is 602 g/mol. The van der Waals surface area contributed by atoms with Crippen LogP contribution in [0.2, 0.25) is 0 Å². The molecule has 218 valence electrons. The van der Waals surface area contributed by atoms with E-state index < -0.39 is 28.8 Å². The third kappa shape index (κ3) is 6.12. The number of ether oxygens (including phenoxy) is 1. The summed E-state index contributed by atoms with van der Waals surface area (Å²) in [7, 11) is 1.59. The van der Waals surface area contributed by atoms with Gasteiger partial charge in [-0.15, -0.1) is 0 Å². The summed E-state index contributed by atoms with van der Waals surface area (Å²) < 4.78 is 44.5. The van der Waals surface area contributed by atoms with E-state index in [1.54, 1.807) is 12.1 Å². The van der Waals surface area contributed by atoms with Gasteiger partial charge >= 0.3 is 6.18 Å². The Bertz CT molecular complexity index is 1770. The Hall–Kier alpha value is -4.64. The van der Waals surface area contributed by atoms with Crippen LogP contribution in [-0.2, 0) is 15.8 Å². The van der Waals surface area contributed by atoms with E-state index >= 15 is 0 Å². The number of thioether (sulfide) groups is 1. The van der Waals surface area contributed by atoms with Crippen molar-refractivity contribution < 1.29 is 27.5 Å². The number of benzene rings is 4. The number of alkyl halides is 3. The molecule has 4 aromatic carbocycles. The number of nitrogens with one attached hydrogen (secondary N) is 1. The minimum atomic E-state index is -4.54. The van der Waals surface area contributed by atoms with E-state index in [4.69, 9.17) is 9.84 Å². The molecule has 0 fully saturated rings. The fourth-order valence-electron chi connectivity index (χ4n) is 5.07. The first-order chi connectivity index (χ1) is 20.7. The smallest absolute Gasteiger partial charge is 0.416 e. The topological polar surface area (TPSA) is 83.4 Å². The first-order valence-corrected chi connectivity index (χ1v) is 14.3. The standard InChI is InChI=1S/C32H25F3N4O3S/c1-42-25-13-11-20(12-14-25)27-17-26(22-10-9-19-5-2-3-6-21(19)15-22)38-39(27)31-37-30(41)28(43-31)18-29(40)36-24-8-4-7-23(16-24)32(33,34)35/h2-16,27-28H,17-18H2,1H3,(H,36,40). The van der Waals surface area contributed by atoms with E-state index in [1.165, 1.54) is 12.1 Å². The number of carbonyl (C=O) groups excluding carboxylic acids is 2. The van der Waals surface area contributed by atoms with Crippen molar-refractivity contribution in [3.8, 4) is 5.75 Å². The molecule has 2 amide bonds. The number of fused-ring (bicyclic) bond motifs is 1. The van der Waals surface area contributed by atoms with Gasteiger partial charge in [0.2, 0.25) is 5.91 Å². The van der Waals surface area contributed by atoms with Crippen molar-refractivity contribution >= 4 is 50.9 Å². The van der Waals surface area contributed by atoms with E-state index in [1.807, 2.05) is 60.7 Å². The molecule has 0 saturated carbocycles. The first kappa shape index (κ1) is 28.5. The van der Waals surface area contributed by atoms with E-state index in [-0.39, 0.29) is 18.2 Å². The number of nitrogens with zero attached hydrogens (tertiary/aromatic N) is 3. The Kier molecular flexibility index (Phi) is 7.66. The first-order valence-electron chi connectivity index (χ1n) is 13.4. The predicted octanol–water partition coefficient (Wildman–Crippen LogP) is 7.05. The molecule has 43 heavy (non-hydrogen) atoms. The van der Waals surface area contributed by atoms with Crippen molar-refractivity contribution in [2.24, 2.45) is 10.1 Å². The van der Waals surface area contributed by atoms with Crippen LogP contribution in [0.4, 0.5) is 18.9 Å². The van der Waals surface area contributed by atoms with Gasteiger partial charge in [0.05, 0.1) is 24.4 Å². The van der Waals surface area contributed by atoms with Gasteiger partial charge in [0.1, 0.15) is 11.0 Å². The van der Waals surface area contributed by atoms with Gasteiger partial charge in [-0.3, -0.25) is 9.59 Å². The SMILES string of the molecule is COc1ccc(C2CC(c3ccc4ccccc4c3)=NN2C2=NC(=O)C(CC(=O)Nc3cccc(C(F)(F)F)c3)S2)cc1. The normalized spacial score (nSPS) is 18.5. The zero-order valence-electron chi connectivity index (χ0n) is 22.8. The molecule has 0 aromatic heterocycles. The predicted molar refractivity (Wildman–Crippen MR) is 161 cm³/mol. The van der Waals surface area contributed by atoms with Gasteiger partial charge in [0.15, 0.2) is 5.17 Å². The number of hydrogen-bond donors (Lipinski definition) is 1. The van der Waals surface area contributed by atoms with Crippen molar-refractivity contribution in [2.45, 2.75) is 30.3 Å². The van der Waals surface area contributed by atoms with Crippen LogP contribution in [0, 0.1) is 0 Å². The van der Waals surface area contributed by atoms with Crippen LogP contribution < -0.4 is 10.1 Å². The molecular weight excluding hydrogens is 577 g/mol. The molecule has 0 spiro atoms. The molecule has 2 unspecified atom stereocenters. The Morgan fingerprint density at radius 1 is 1.00 bits per heavy atom. The number of carbonyl (C=O) groups is 2. The van der Waals surface area contributed by atoms with Crippen LogP contribution in [-0.4, -0.2) is 40.1 Å². The maximum atomic E-state index is 13.1. The minimum Gasteiger partial charge on any atom is -0.497 e. The molecule has 2 aliphatic rings. The van der Waals surface area contributed by atoms with Gasteiger partial charge in [0.25, 0.3) is 5.91 Å². The molecule has 0 bridgehead atoms. The molecule has 0 saturated heterocycles. The van der Waals surface area contributed by atoms with Crippen LogP contribution in [0.5, 0.6) is 5.75 Å². The van der Waals surface area contributed by atoms with Crippen LogP contribution >= 0.6 is 11.8 Å². The second kappa shape index (κ2) is 11.6. The van der Waals surface area contributed by atoms with Crippen LogP contribution in [0.25, 0.3) is 10.8 Å². The zero-order valence-corrected chi connectivity index (χ0v) is 23.7. The lowest BCUT2D eigenvalue weighted by atomic mass is 9.97. The number of anilines is 1. The average Bonchev–Trinajstić information content (AvgIpc) is 3.60. The number of halogens is 3. The lowest BCUT2D eigenvalue weighted by Crippen LogP contribution is -2.25. The van der Waals surface area contributed by atoms with Gasteiger partial charge in [-0.2, -0.15) is 23.3 Å². The number of amidine groups is 1. The maximum absolute atomic E-state index is 13.1. The molecule has 7 nitrogen and oxygen atoms in total. The number of hydrogen-bond acceptors (Lipinski definition) is 6. The summed E-state index contributed by atoms with van der Waals surface area (Å²) in [4.78, 5) is 29.9. The molecule has 4 aromatic rings. The van der Waals surface area contributed by atoms with Crippen molar-refractivity contribution in [3.05, 3.63) is 108 Å². The summed E-state index contributed by atoms with van der Waals surface area (Å²) in [5.74, 6) is -0.379. The second-order valence-electron chi connectivity index (χ2n) is 10.1. The number of rotatable bonds is 6. The summed E-state index contributed by atoms with van der Waals surface area (Å²) in [6, 6.07) is 25.9. The fourth-order valence-corrected chi connectivity index (χ4v) is 6.14. The Balaban J connectivity index is 1.22. The minimum absolute atomic E-state index is 0.000141. The Labute approximate surface area is 249 Å². The molecular formula is C32H25F3N4O3S. The summed E-state index contributed by atoms with van der Waals surface area (Å²) in [6.07, 6.45) is -4.24. The van der Waals surface area contributed by atoms with Gasteiger partial charge in [-0.1, -0.05) is 66.4 Å². The highest BCUT2D eigenvalue weighted by atomic mass is 32.2. The molecule has 6 rings (SSSR count). The summed E-state index contributed by atoms with van der Waals surface area (Å²) in [5.41, 5.74) is 1.85. The van der Waals surface area contributed by atoms with E-state index in [2.05, 4.69) is 16.4 Å². The van der Waals surface area contributed by atoms with Gasteiger partial charge < -0.3 is 10.1 Å². The lowest BCUT2D eigenvalue weighted by molar-refractivity contribution is -0.137. The third-order valence-electron chi connectivity index (χ3n) is 7.26. The number of hydrazone groups is 1. The van der Waals surface area contributed by atoms with Gasteiger partial charge in [-0.05, 0) is 58.3 Å². The van der Waals surface area contributed by atoms with Gasteiger partial charge in [0, 0.05) is 18.5 Å². The van der Waals surface area contributed by atoms with Crippen LogP contribution in [0.15, 0.2) is 101 Å². The molecule has 1 N–H and O–H groups in total. The largest absolute Gasteiger partial charge is 0.497 e. The average molecular weight is 603 g/mol. The van der Waals surface area contributed by atoms with Gasteiger partial charge in [-0.25, -0.2) is 5.01 Å². The van der Waals surface area contributed by atoms with Crippen LogP contribution in [0.3, 0.4) is 0 Å². The summed E-state index contributed by atoms with van der Waals surface area (Å²) >= 11 is 1.12. The molecule has 2 heterocycles.